The molecule has 5 nitrogen and oxygen atoms in total. The molecule has 1 rings (SSSR count). The number of amides is 1. The third kappa shape index (κ3) is 3.74. The molecule has 0 fully saturated rings. The molecule has 0 bridgehead atoms. The summed E-state index contributed by atoms with van der Waals surface area (Å²) < 4.78 is 0.928. The van der Waals surface area contributed by atoms with Crippen LogP contribution >= 0.6 is 15.9 Å². The van der Waals surface area contributed by atoms with Crippen molar-refractivity contribution in [2.45, 2.75) is 13.5 Å². The Labute approximate surface area is 108 Å². The molecule has 0 heterocycles. The number of hydrogen-bond donors (Lipinski definition) is 3. The zero-order valence-electron chi connectivity index (χ0n) is 9.35. The molecule has 1 amide bonds. The molecule has 6 heteroatoms. The van der Waals surface area contributed by atoms with Gasteiger partial charge in [0.2, 0.25) is 5.91 Å². The first-order valence-corrected chi connectivity index (χ1v) is 5.84. The first-order chi connectivity index (χ1) is 8.06. The van der Waals surface area contributed by atoms with Crippen molar-refractivity contribution in [1.29, 1.82) is 0 Å². The van der Waals surface area contributed by atoms with E-state index in [-0.39, 0.29) is 11.7 Å². The highest BCUT2D eigenvalue weighted by atomic mass is 79.9. The van der Waals surface area contributed by atoms with Gasteiger partial charge in [0.1, 0.15) is 0 Å². The van der Waals surface area contributed by atoms with Crippen LogP contribution in [0.25, 0.3) is 0 Å². The third-order valence-corrected chi connectivity index (χ3v) is 3.14. The predicted octanol–water partition coefficient (Wildman–Crippen LogP) is 1.45. The molecule has 17 heavy (non-hydrogen) atoms. The lowest BCUT2D eigenvalue weighted by Crippen LogP contribution is -2.36. The Morgan fingerprint density at radius 1 is 1.59 bits per heavy atom. The minimum Gasteiger partial charge on any atom is -0.409 e. The van der Waals surface area contributed by atoms with Crippen LogP contribution in [0.2, 0.25) is 0 Å². The van der Waals surface area contributed by atoms with Gasteiger partial charge < -0.3 is 16.3 Å². The van der Waals surface area contributed by atoms with E-state index in [1.807, 2.05) is 24.3 Å². The number of carbonyl (C=O) groups excluding carboxylic acids is 1. The fraction of sp³-hybridized carbons (Fsp3) is 0.273. The molecule has 0 aromatic heterocycles. The number of oxime groups is 1. The summed E-state index contributed by atoms with van der Waals surface area (Å²) in [6.45, 7) is 1.97. The van der Waals surface area contributed by atoms with E-state index in [9.17, 15) is 4.79 Å². The molecule has 0 saturated heterocycles. The Morgan fingerprint density at radius 2 is 2.24 bits per heavy atom. The minimum atomic E-state index is -0.650. The van der Waals surface area contributed by atoms with E-state index in [0.29, 0.717) is 6.54 Å². The number of nitrogens with two attached hydrogens (primary N) is 1. The molecule has 0 spiro atoms. The van der Waals surface area contributed by atoms with Crippen LogP contribution in [0.4, 0.5) is 0 Å². The Hall–Kier alpha value is -1.56. The molecular weight excluding hydrogens is 286 g/mol. The lowest BCUT2D eigenvalue weighted by molar-refractivity contribution is -0.122. The van der Waals surface area contributed by atoms with Gasteiger partial charge in [-0.15, -0.1) is 0 Å². The number of nitrogens with one attached hydrogen (secondary N) is 1. The van der Waals surface area contributed by atoms with E-state index in [0.717, 1.165) is 10.0 Å². The molecule has 92 valence electrons. The average molecular weight is 300 g/mol. The summed E-state index contributed by atoms with van der Waals surface area (Å²) in [5.74, 6) is -1.03. The van der Waals surface area contributed by atoms with Gasteiger partial charge >= 0.3 is 0 Å². The summed E-state index contributed by atoms with van der Waals surface area (Å²) in [7, 11) is 0. The van der Waals surface area contributed by atoms with Crippen molar-refractivity contribution < 1.29 is 10.0 Å². The molecule has 0 aliphatic carbocycles. The van der Waals surface area contributed by atoms with E-state index < -0.39 is 5.92 Å². The normalized spacial score (nSPS) is 13.2. The van der Waals surface area contributed by atoms with Gasteiger partial charge in [-0.1, -0.05) is 39.3 Å². The summed E-state index contributed by atoms with van der Waals surface area (Å²) in [5.41, 5.74) is 6.31. The Balaban J connectivity index is 2.57. The van der Waals surface area contributed by atoms with E-state index in [2.05, 4.69) is 26.4 Å². The quantitative estimate of drug-likeness (QED) is 0.340. The van der Waals surface area contributed by atoms with Crippen LogP contribution in [-0.2, 0) is 11.3 Å². The SMILES string of the molecule is CC(C(=O)NCc1ccccc1Br)C(N)=NO. The molecule has 1 aromatic carbocycles. The molecule has 4 N–H and O–H groups in total. The summed E-state index contributed by atoms with van der Waals surface area (Å²) >= 11 is 3.39. The van der Waals surface area contributed by atoms with Crippen LogP contribution in [0, 0.1) is 5.92 Å². The highest BCUT2D eigenvalue weighted by Gasteiger charge is 2.17. The molecule has 1 atom stereocenters. The van der Waals surface area contributed by atoms with Crippen LogP contribution in [0.3, 0.4) is 0 Å². The maximum Gasteiger partial charge on any atom is 0.230 e. The molecule has 0 aliphatic heterocycles. The fourth-order valence-corrected chi connectivity index (χ4v) is 1.62. The number of halogens is 1. The van der Waals surface area contributed by atoms with Gasteiger partial charge in [0.05, 0.1) is 5.92 Å². The van der Waals surface area contributed by atoms with Gasteiger partial charge in [-0.3, -0.25) is 4.79 Å². The number of rotatable bonds is 4. The second-order valence-electron chi connectivity index (χ2n) is 3.56. The number of carbonyl (C=O) groups is 1. The van der Waals surface area contributed by atoms with Gasteiger partial charge in [-0.2, -0.15) is 0 Å². The van der Waals surface area contributed by atoms with E-state index in [1.165, 1.54) is 0 Å². The highest BCUT2D eigenvalue weighted by Crippen LogP contribution is 2.15. The predicted molar refractivity (Wildman–Crippen MR) is 68.6 cm³/mol. The van der Waals surface area contributed by atoms with Gasteiger partial charge in [0.15, 0.2) is 5.84 Å². The number of nitrogens with zero attached hydrogens (tertiary/aromatic N) is 1. The van der Waals surface area contributed by atoms with Crippen LogP contribution in [0.5, 0.6) is 0 Å². The zero-order chi connectivity index (χ0) is 12.8. The van der Waals surface area contributed by atoms with E-state index >= 15 is 0 Å². The molecule has 1 aromatic rings. The molecular formula is C11H14BrN3O2. The smallest absolute Gasteiger partial charge is 0.230 e. The molecule has 0 saturated carbocycles. The summed E-state index contributed by atoms with van der Waals surface area (Å²) in [6, 6.07) is 7.58. The van der Waals surface area contributed by atoms with Crippen molar-refractivity contribution in [2.24, 2.45) is 16.8 Å². The maximum atomic E-state index is 11.6. The van der Waals surface area contributed by atoms with Gasteiger partial charge in [0.25, 0.3) is 0 Å². The van der Waals surface area contributed by atoms with Crippen molar-refractivity contribution >= 4 is 27.7 Å². The molecule has 0 radical (unpaired) electrons. The summed E-state index contributed by atoms with van der Waals surface area (Å²) in [6.07, 6.45) is 0. The number of amidine groups is 1. The Morgan fingerprint density at radius 3 is 2.82 bits per heavy atom. The largest absolute Gasteiger partial charge is 0.409 e. The fourth-order valence-electron chi connectivity index (χ4n) is 1.20. The van der Waals surface area contributed by atoms with Crippen molar-refractivity contribution in [2.75, 3.05) is 0 Å². The Bertz CT molecular complexity index is 434. The first kappa shape index (κ1) is 13.5. The van der Waals surface area contributed by atoms with Gasteiger partial charge in [0, 0.05) is 11.0 Å². The van der Waals surface area contributed by atoms with Crippen molar-refractivity contribution in [3.8, 4) is 0 Å². The van der Waals surface area contributed by atoms with Crippen LogP contribution in [0.1, 0.15) is 12.5 Å². The van der Waals surface area contributed by atoms with Gasteiger partial charge in [-0.25, -0.2) is 0 Å². The third-order valence-electron chi connectivity index (χ3n) is 2.36. The second-order valence-corrected chi connectivity index (χ2v) is 4.41. The maximum absolute atomic E-state index is 11.6. The zero-order valence-corrected chi connectivity index (χ0v) is 10.9. The summed E-state index contributed by atoms with van der Waals surface area (Å²) in [5, 5.41) is 14.0. The highest BCUT2D eigenvalue weighted by molar-refractivity contribution is 9.10. The topological polar surface area (TPSA) is 87.7 Å². The molecule has 0 aliphatic rings. The van der Waals surface area contributed by atoms with Crippen LogP contribution in [-0.4, -0.2) is 17.0 Å². The van der Waals surface area contributed by atoms with Gasteiger partial charge in [-0.05, 0) is 18.6 Å². The average Bonchev–Trinajstić information content (AvgIpc) is 2.35. The van der Waals surface area contributed by atoms with Crippen molar-refractivity contribution in [3.63, 3.8) is 0 Å². The summed E-state index contributed by atoms with van der Waals surface area (Å²) in [4.78, 5) is 11.6. The molecule has 1 unspecified atom stereocenters. The van der Waals surface area contributed by atoms with Crippen LogP contribution in [0.15, 0.2) is 33.9 Å². The van der Waals surface area contributed by atoms with E-state index in [4.69, 9.17) is 10.9 Å². The van der Waals surface area contributed by atoms with Crippen LogP contribution < -0.4 is 11.1 Å². The lowest BCUT2D eigenvalue weighted by Gasteiger charge is -2.11. The lowest BCUT2D eigenvalue weighted by atomic mass is 10.1. The van der Waals surface area contributed by atoms with E-state index in [1.54, 1.807) is 6.92 Å². The van der Waals surface area contributed by atoms with Crippen molar-refractivity contribution in [1.82, 2.24) is 5.32 Å². The number of hydrogen-bond acceptors (Lipinski definition) is 3. The standard InChI is InChI=1S/C11H14BrN3O2/c1-7(10(13)15-17)11(16)14-6-8-4-2-3-5-9(8)12/h2-5,7,17H,6H2,1H3,(H2,13,15)(H,14,16). The minimum absolute atomic E-state index is 0.102. The Kier molecular flexibility index (Phi) is 4.96. The monoisotopic (exact) mass is 299 g/mol. The number of benzene rings is 1. The first-order valence-electron chi connectivity index (χ1n) is 5.04. The second kappa shape index (κ2) is 6.24. The van der Waals surface area contributed by atoms with Crippen molar-refractivity contribution in [3.05, 3.63) is 34.3 Å².